The molecule has 1 rings (SSSR count). The second-order valence-electron chi connectivity index (χ2n) is 1.76. The Morgan fingerprint density at radius 1 is 1.12 bits per heavy atom. The normalized spacial score (nSPS) is 22.6. The Morgan fingerprint density at radius 3 is 1.62 bits per heavy atom. The van der Waals surface area contributed by atoms with Gasteiger partial charge >= 0.3 is 0 Å². The van der Waals surface area contributed by atoms with Gasteiger partial charge in [-0.3, -0.25) is 9.59 Å². The van der Waals surface area contributed by atoms with Crippen molar-refractivity contribution < 1.29 is 9.59 Å². The van der Waals surface area contributed by atoms with Gasteiger partial charge in [0, 0.05) is 12.8 Å². The molecule has 0 aliphatic heterocycles. The molecule has 0 aromatic carbocycles. The van der Waals surface area contributed by atoms with Crippen LogP contribution in [0, 0.1) is 6.04 Å². The zero-order valence-electron chi connectivity index (χ0n) is 4.31. The number of nitrogens with two attached hydrogens (primary N) is 1. The van der Waals surface area contributed by atoms with E-state index in [2.05, 4.69) is 0 Å². The first-order chi connectivity index (χ1) is 3.72. The highest BCUT2D eigenvalue weighted by molar-refractivity contribution is 6.20. The Hall–Kier alpha value is -0.700. The van der Waals surface area contributed by atoms with Gasteiger partial charge in [-0.05, 0) is 0 Å². The molecule has 0 aromatic rings. The zero-order valence-corrected chi connectivity index (χ0v) is 4.31. The number of hydrogen-bond acceptors (Lipinski definition) is 3. The minimum atomic E-state index is -0.199. The van der Waals surface area contributed by atoms with E-state index < -0.39 is 0 Å². The Labute approximate surface area is 46.9 Å². The van der Waals surface area contributed by atoms with Crippen LogP contribution >= 0.6 is 0 Å². The molecule has 0 heterocycles. The van der Waals surface area contributed by atoms with Gasteiger partial charge in [0.25, 0.3) is 0 Å². The van der Waals surface area contributed by atoms with Crippen LogP contribution < -0.4 is 5.73 Å². The lowest BCUT2D eigenvalue weighted by Gasteiger charge is -1.89. The molecular formula is C5H6NO2. The third-order valence-corrected chi connectivity index (χ3v) is 1.18. The smallest absolute Gasteiger partial charge is 0.166 e. The predicted molar refractivity (Wildman–Crippen MR) is 26.7 cm³/mol. The van der Waals surface area contributed by atoms with Crippen LogP contribution in [0.3, 0.4) is 0 Å². The Kier molecular flexibility index (Phi) is 1.13. The summed E-state index contributed by atoms with van der Waals surface area (Å²) in [5.74, 6) is -0.398. The molecule has 0 spiro atoms. The summed E-state index contributed by atoms with van der Waals surface area (Å²) in [5, 5.41) is 0. The van der Waals surface area contributed by atoms with Crippen LogP contribution in [-0.4, -0.2) is 11.6 Å². The molecule has 0 amide bonds. The molecule has 3 heteroatoms. The number of rotatable bonds is 0. The van der Waals surface area contributed by atoms with Crippen LogP contribution in [0.2, 0.25) is 0 Å². The molecular weight excluding hydrogens is 106 g/mol. The summed E-state index contributed by atoms with van der Waals surface area (Å²) >= 11 is 0. The van der Waals surface area contributed by atoms with E-state index in [1.807, 2.05) is 0 Å². The van der Waals surface area contributed by atoms with Gasteiger partial charge < -0.3 is 5.73 Å². The summed E-state index contributed by atoms with van der Waals surface area (Å²) in [6.45, 7) is 0. The van der Waals surface area contributed by atoms with Crippen LogP contribution in [0.4, 0.5) is 0 Å². The van der Waals surface area contributed by atoms with Gasteiger partial charge in [0.2, 0.25) is 0 Å². The van der Waals surface area contributed by atoms with Gasteiger partial charge in [0.05, 0.1) is 0 Å². The lowest BCUT2D eigenvalue weighted by atomic mass is 10.2. The van der Waals surface area contributed by atoms with Crippen molar-refractivity contribution in [2.24, 2.45) is 5.73 Å². The number of carbonyl (C=O) groups excluding carboxylic acids is 2. The number of hydrogen-bond donors (Lipinski definition) is 1. The van der Waals surface area contributed by atoms with Crippen molar-refractivity contribution in [2.75, 3.05) is 0 Å². The second-order valence-corrected chi connectivity index (χ2v) is 1.76. The zero-order chi connectivity index (χ0) is 6.15. The molecule has 0 aromatic heterocycles. The molecule has 43 valence electrons. The Morgan fingerprint density at radius 2 is 1.50 bits per heavy atom. The SMILES string of the molecule is N[C]1C(=O)CCC1=O. The van der Waals surface area contributed by atoms with Gasteiger partial charge in [0.15, 0.2) is 17.6 Å². The third kappa shape index (κ3) is 0.648. The molecule has 8 heavy (non-hydrogen) atoms. The van der Waals surface area contributed by atoms with Crippen molar-refractivity contribution in [3.05, 3.63) is 6.04 Å². The summed E-state index contributed by atoms with van der Waals surface area (Å²) in [6, 6.07) is -0.0648. The van der Waals surface area contributed by atoms with E-state index in [1.165, 1.54) is 0 Å². The highest BCUT2D eigenvalue weighted by Gasteiger charge is 2.29. The fourth-order valence-corrected chi connectivity index (χ4v) is 0.652. The van der Waals surface area contributed by atoms with Crippen molar-refractivity contribution >= 4 is 11.6 Å². The maximum absolute atomic E-state index is 10.4. The Bertz CT molecular complexity index is 125. The van der Waals surface area contributed by atoms with Gasteiger partial charge in [-0.15, -0.1) is 0 Å². The number of carbonyl (C=O) groups is 2. The van der Waals surface area contributed by atoms with E-state index in [9.17, 15) is 9.59 Å². The average molecular weight is 112 g/mol. The molecule has 1 saturated carbocycles. The molecule has 1 aliphatic rings. The lowest BCUT2D eigenvalue weighted by Crippen LogP contribution is -2.20. The molecule has 0 atom stereocenters. The number of ketones is 2. The van der Waals surface area contributed by atoms with Gasteiger partial charge in [-0.1, -0.05) is 0 Å². The molecule has 1 fully saturated rings. The Balaban J connectivity index is 2.70. The van der Waals surface area contributed by atoms with Crippen LogP contribution in [-0.2, 0) is 9.59 Å². The highest BCUT2D eigenvalue weighted by Crippen LogP contribution is 2.13. The molecule has 2 N–H and O–H groups in total. The topological polar surface area (TPSA) is 60.2 Å². The van der Waals surface area contributed by atoms with E-state index in [0.29, 0.717) is 12.8 Å². The van der Waals surface area contributed by atoms with Crippen molar-refractivity contribution in [1.29, 1.82) is 0 Å². The van der Waals surface area contributed by atoms with Crippen LogP contribution in [0.15, 0.2) is 0 Å². The minimum Gasteiger partial charge on any atom is -0.310 e. The summed E-state index contributed by atoms with van der Waals surface area (Å²) < 4.78 is 0. The maximum Gasteiger partial charge on any atom is 0.166 e. The number of Topliss-reactive ketones (excluding diaryl/α,β-unsaturated/α-hetero) is 2. The fourth-order valence-electron chi connectivity index (χ4n) is 0.652. The van der Waals surface area contributed by atoms with E-state index in [1.54, 1.807) is 0 Å². The van der Waals surface area contributed by atoms with E-state index >= 15 is 0 Å². The van der Waals surface area contributed by atoms with Crippen molar-refractivity contribution in [1.82, 2.24) is 0 Å². The van der Waals surface area contributed by atoms with Crippen molar-refractivity contribution in [3.63, 3.8) is 0 Å². The van der Waals surface area contributed by atoms with Gasteiger partial charge in [-0.2, -0.15) is 0 Å². The largest absolute Gasteiger partial charge is 0.310 e. The highest BCUT2D eigenvalue weighted by atomic mass is 16.2. The molecule has 0 saturated heterocycles. The molecule has 0 bridgehead atoms. The van der Waals surface area contributed by atoms with Crippen molar-refractivity contribution in [3.8, 4) is 0 Å². The monoisotopic (exact) mass is 112 g/mol. The van der Waals surface area contributed by atoms with Crippen LogP contribution in [0.25, 0.3) is 0 Å². The summed E-state index contributed by atoms with van der Waals surface area (Å²) in [4.78, 5) is 20.8. The maximum atomic E-state index is 10.4. The first kappa shape index (κ1) is 5.44. The molecule has 0 unspecified atom stereocenters. The van der Waals surface area contributed by atoms with Crippen LogP contribution in [0.5, 0.6) is 0 Å². The standard InChI is InChI=1S/C5H6NO2/c6-5-3(7)1-2-4(5)8/h1-2,6H2. The molecule has 1 radical (unpaired) electrons. The average Bonchev–Trinajstić information content (AvgIpc) is 1.98. The lowest BCUT2D eigenvalue weighted by molar-refractivity contribution is -0.119. The van der Waals surface area contributed by atoms with Gasteiger partial charge in [-0.25, -0.2) is 0 Å². The first-order valence-corrected chi connectivity index (χ1v) is 2.40. The predicted octanol–water partition coefficient (Wildman–Crippen LogP) is -0.591. The minimum absolute atomic E-state index is 0.0648. The van der Waals surface area contributed by atoms with Crippen molar-refractivity contribution in [2.45, 2.75) is 12.8 Å². The second kappa shape index (κ2) is 1.67. The van der Waals surface area contributed by atoms with E-state index in [0.717, 1.165) is 0 Å². The van der Waals surface area contributed by atoms with E-state index in [-0.39, 0.29) is 17.6 Å². The quantitative estimate of drug-likeness (QED) is 0.455. The summed E-state index contributed by atoms with van der Waals surface area (Å²) in [7, 11) is 0. The summed E-state index contributed by atoms with van der Waals surface area (Å²) in [6.07, 6.45) is 0.620. The third-order valence-electron chi connectivity index (χ3n) is 1.18. The molecule has 1 aliphatic carbocycles. The molecule has 3 nitrogen and oxygen atoms in total. The fraction of sp³-hybridized carbons (Fsp3) is 0.400. The van der Waals surface area contributed by atoms with Crippen LogP contribution in [0.1, 0.15) is 12.8 Å². The van der Waals surface area contributed by atoms with E-state index in [4.69, 9.17) is 5.73 Å². The van der Waals surface area contributed by atoms with Gasteiger partial charge in [0.1, 0.15) is 0 Å². The summed E-state index contributed by atoms with van der Waals surface area (Å²) in [5.41, 5.74) is 5.04. The first-order valence-electron chi connectivity index (χ1n) is 2.40.